The number of rotatable bonds is 4. The number of hydrogen-bond acceptors (Lipinski definition) is 3. The van der Waals surface area contributed by atoms with Crippen LogP contribution in [0.15, 0.2) is 17.5 Å². The fraction of sp³-hybridized carbons (Fsp3) is 0.300. The molecule has 2 aromatic rings. The smallest absolute Gasteiger partial charge is 0.261 e. The van der Waals surface area contributed by atoms with Gasteiger partial charge in [0.05, 0.1) is 4.88 Å². The highest BCUT2D eigenvalue weighted by atomic mass is 127. The molecule has 1 amide bonds. The summed E-state index contributed by atoms with van der Waals surface area (Å²) in [6, 6.07) is 4.04. The minimum Gasteiger partial charge on any atom is -0.351 e. The summed E-state index contributed by atoms with van der Waals surface area (Å²) in [5, 5.41) is 4.98. The van der Waals surface area contributed by atoms with Gasteiger partial charge in [-0.3, -0.25) is 4.79 Å². The van der Waals surface area contributed by atoms with Crippen LogP contribution in [0.5, 0.6) is 0 Å². The number of thiophene rings is 2. The maximum atomic E-state index is 11.7. The molecule has 2 heterocycles. The van der Waals surface area contributed by atoms with Crippen molar-refractivity contribution in [1.29, 1.82) is 0 Å². The molecule has 0 spiro atoms. The molecule has 0 aliphatic carbocycles. The van der Waals surface area contributed by atoms with Gasteiger partial charge in [0.2, 0.25) is 0 Å². The number of carbonyl (C=O) groups is 1. The van der Waals surface area contributed by atoms with Gasteiger partial charge in [0, 0.05) is 20.4 Å². The standard InChI is InChI=1S/C10H10INOS2/c11-3-1-4-12-10(13)9-6-8-7(15-9)2-5-14-8/h2,5-6H,1,3-4H2,(H,12,13). The molecule has 2 aromatic heterocycles. The van der Waals surface area contributed by atoms with Crippen LogP contribution in [0.2, 0.25) is 0 Å². The van der Waals surface area contributed by atoms with Crippen LogP contribution in [0.25, 0.3) is 9.40 Å². The zero-order valence-corrected chi connectivity index (χ0v) is 11.7. The highest BCUT2D eigenvalue weighted by molar-refractivity contribution is 14.1. The summed E-state index contributed by atoms with van der Waals surface area (Å²) >= 11 is 5.56. The first-order valence-electron chi connectivity index (χ1n) is 4.62. The van der Waals surface area contributed by atoms with Gasteiger partial charge in [-0.05, 0) is 23.9 Å². The van der Waals surface area contributed by atoms with Crippen LogP contribution in [-0.2, 0) is 0 Å². The molecule has 2 rings (SSSR count). The van der Waals surface area contributed by atoms with Crippen molar-refractivity contribution in [3.05, 3.63) is 22.4 Å². The van der Waals surface area contributed by atoms with E-state index in [0.29, 0.717) is 0 Å². The molecule has 0 saturated carbocycles. The largest absolute Gasteiger partial charge is 0.351 e. The van der Waals surface area contributed by atoms with E-state index in [0.717, 1.165) is 22.3 Å². The lowest BCUT2D eigenvalue weighted by Gasteiger charge is -2.00. The van der Waals surface area contributed by atoms with Crippen LogP contribution in [0.1, 0.15) is 16.1 Å². The third-order valence-electron chi connectivity index (χ3n) is 1.96. The van der Waals surface area contributed by atoms with Crippen LogP contribution in [0.4, 0.5) is 0 Å². The van der Waals surface area contributed by atoms with Gasteiger partial charge in [-0.15, -0.1) is 22.7 Å². The predicted molar refractivity (Wildman–Crippen MR) is 75.5 cm³/mol. The van der Waals surface area contributed by atoms with Gasteiger partial charge in [0.15, 0.2) is 0 Å². The monoisotopic (exact) mass is 351 g/mol. The van der Waals surface area contributed by atoms with Crippen LogP contribution in [0.3, 0.4) is 0 Å². The zero-order valence-electron chi connectivity index (χ0n) is 7.96. The maximum Gasteiger partial charge on any atom is 0.261 e. The van der Waals surface area contributed by atoms with Gasteiger partial charge in [-0.1, -0.05) is 22.6 Å². The summed E-state index contributed by atoms with van der Waals surface area (Å²) in [6.45, 7) is 0.771. The van der Waals surface area contributed by atoms with E-state index in [9.17, 15) is 4.79 Å². The second kappa shape index (κ2) is 5.27. The fourth-order valence-electron chi connectivity index (χ4n) is 1.23. The van der Waals surface area contributed by atoms with Gasteiger partial charge in [0.1, 0.15) is 0 Å². The average Bonchev–Trinajstić information content (AvgIpc) is 2.76. The third kappa shape index (κ3) is 2.70. The van der Waals surface area contributed by atoms with E-state index in [-0.39, 0.29) is 5.91 Å². The predicted octanol–water partition coefficient (Wildman–Crippen LogP) is 3.52. The molecule has 0 radical (unpaired) electrons. The summed E-state index contributed by atoms with van der Waals surface area (Å²) in [5.41, 5.74) is 0. The lowest BCUT2D eigenvalue weighted by Crippen LogP contribution is -2.23. The Morgan fingerprint density at radius 3 is 3.07 bits per heavy atom. The normalized spacial score (nSPS) is 10.7. The summed E-state index contributed by atoms with van der Waals surface area (Å²) in [7, 11) is 0. The molecular weight excluding hydrogens is 341 g/mol. The van der Waals surface area contributed by atoms with Gasteiger partial charge in [0.25, 0.3) is 5.91 Å². The maximum absolute atomic E-state index is 11.7. The number of amides is 1. The summed E-state index contributed by atoms with van der Waals surface area (Å²) < 4.78 is 3.50. The molecule has 0 saturated heterocycles. The summed E-state index contributed by atoms with van der Waals surface area (Å²) in [5.74, 6) is 0.0632. The van der Waals surface area contributed by atoms with E-state index in [1.165, 1.54) is 9.40 Å². The average molecular weight is 351 g/mol. The van der Waals surface area contributed by atoms with Crippen molar-refractivity contribution in [2.45, 2.75) is 6.42 Å². The second-order valence-corrected chi connectivity index (χ2v) is 6.17. The molecule has 0 aromatic carbocycles. The van der Waals surface area contributed by atoms with Crippen molar-refractivity contribution in [3.63, 3.8) is 0 Å². The van der Waals surface area contributed by atoms with Crippen molar-refractivity contribution < 1.29 is 4.79 Å². The molecule has 0 aliphatic rings. The van der Waals surface area contributed by atoms with Gasteiger partial charge < -0.3 is 5.32 Å². The van der Waals surface area contributed by atoms with E-state index in [2.05, 4.69) is 39.4 Å². The number of halogens is 1. The summed E-state index contributed by atoms with van der Waals surface area (Å²) in [6.07, 6.45) is 1.03. The number of hydrogen-bond donors (Lipinski definition) is 1. The molecule has 2 nitrogen and oxygen atoms in total. The Hall–Kier alpha value is -0.140. The highest BCUT2D eigenvalue weighted by Gasteiger charge is 2.09. The van der Waals surface area contributed by atoms with Crippen molar-refractivity contribution in [2.75, 3.05) is 11.0 Å². The first-order chi connectivity index (χ1) is 7.31. The topological polar surface area (TPSA) is 29.1 Å². The zero-order chi connectivity index (χ0) is 10.7. The van der Waals surface area contributed by atoms with E-state index < -0.39 is 0 Å². The summed E-state index contributed by atoms with van der Waals surface area (Å²) in [4.78, 5) is 12.5. The third-order valence-corrected chi connectivity index (χ3v) is 4.81. The Morgan fingerprint density at radius 2 is 2.33 bits per heavy atom. The molecule has 0 fully saturated rings. The number of nitrogens with one attached hydrogen (secondary N) is 1. The Labute approximate surface area is 110 Å². The molecule has 1 N–H and O–H groups in total. The Balaban J connectivity index is 2.04. The van der Waals surface area contributed by atoms with Gasteiger partial charge in [-0.2, -0.15) is 0 Å². The van der Waals surface area contributed by atoms with Crippen molar-refractivity contribution in [3.8, 4) is 0 Å². The van der Waals surface area contributed by atoms with E-state index in [1.807, 2.05) is 6.07 Å². The Bertz CT molecular complexity index is 434. The van der Waals surface area contributed by atoms with E-state index >= 15 is 0 Å². The molecule has 0 bridgehead atoms. The van der Waals surface area contributed by atoms with Crippen LogP contribution in [-0.4, -0.2) is 16.9 Å². The molecule has 80 valence electrons. The van der Waals surface area contributed by atoms with Crippen molar-refractivity contribution in [2.24, 2.45) is 0 Å². The van der Waals surface area contributed by atoms with Crippen LogP contribution >= 0.6 is 45.3 Å². The SMILES string of the molecule is O=C(NCCCI)c1cc2sccc2s1. The van der Waals surface area contributed by atoms with E-state index in [4.69, 9.17) is 0 Å². The molecule has 0 aliphatic heterocycles. The van der Waals surface area contributed by atoms with Crippen LogP contribution in [0, 0.1) is 0 Å². The van der Waals surface area contributed by atoms with Crippen LogP contribution < -0.4 is 5.32 Å². The second-order valence-electron chi connectivity index (χ2n) is 3.06. The number of fused-ring (bicyclic) bond motifs is 1. The number of alkyl halides is 1. The number of carbonyl (C=O) groups excluding carboxylic acids is 1. The molecule has 15 heavy (non-hydrogen) atoms. The minimum atomic E-state index is 0.0632. The fourth-order valence-corrected chi connectivity index (χ4v) is 3.64. The Kier molecular flexibility index (Phi) is 3.99. The first kappa shape index (κ1) is 11.3. The van der Waals surface area contributed by atoms with Crippen molar-refractivity contribution in [1.82, 2.24) is 5.32 Å². The molecule has 0 atom stereocenters. The Morgan fingerprint density at radius 1 is 1.47 bits per heavy atom. The lowest BCUT2D eigenvalue weighted by atomic mass is 10.4. The molecule has 5 heteroatoms. The minimum absolute atomic E-state index is 0.0632. The first-order valence-corrected chi connectivity index (χ1v) is 7.84. The van der Waals surface area contributed by atoms with E-state index in [1.54, 1.807) is 22.7 Å². The van der Waals surface area contributed by atoms with Crippen molar-refractivity contribution >= 4 is 60.6 Å². The van der Waals surface area contributed by atoms with Gasteiger partial charge in [-0.25, -0.2) is 0 Å². The quantitative estimate of drug-likeness (QED) is 0.510. The molecular formula is C10H10INOS2. The molecule has 0 unspecified atom stereocenters. The highest BCUT2D eigenvalue weighted by Crippen LogP contribution is 2.29. The lowest BCUT2D eigenvalue weighted by molar-refractivity contribution is 0.0958. The van der Waals surface area contributed by atoms with Gasteiger partial charge >= 0.3 is 0 Å².